The highest BCUT2D eigenvalue weighted by atomic mass is 19.3. The van der Waals surface area contributed by atoms with Crippen molar-refractivity contribution in [1.29, 1.82) is 0 Å². The summed E-state index contributed by atoms with van der Waals surface area (Å²) in [4.78, 5) is 13.0. The first-order valence-corrected chi connectivity index (χ1v) is 9.41. The Balaban J connectivity index is 1.58. The third kappa shape index (κ3) is 5.36. The summed E-state index contributed by atoms with van der Waals surface area (Å²) in [6, 6.07) is 15.2. The van der Waals surface area contributed by atoms with E-state index in [2.05, 4.69) is 17.0 Å². The Morgan fingerprint density at radius 1 is 1.11 bits per heavy atom. The lowest BCUT2D eigenvalue weighted by Gasteiger charge is -2.30. The van der Waals surface area contributed by atoms with Gasteiger partial charge in [-0.05, 0) is 48.1 Å². The molecule has 0 amide bonds. The largest absolute Gasteiger partial charge is 0.481 e. The van der Waals surface area contributed by atoms with Crippen molar-refractivity contribution in [2.24, 2.45) is 0 Å². The van der Waals surface area contributed by atoms with Gasteiger partial charge in [0.25, 0.3) is 0 Å². The van der Waals surface area contributed by atoms with Crippen molar-refractivity contribution in [3.8, 4) is 0 Å². The lowest BCUT2D eigenvalue weighted by Crippen LogP contribution is -2.32. The fourth-order valence-corrected chi connectivity index (χ4v) is 3.72. The second-order valence-electron chi connectivity index (χ2n) is 7.16. The third-order valence-electron chi connectivity index (χ3n) is 5.28. The number of hydrogen-bond acceptors (Lipinski definition) is 2. The summed E-state index contributed by atoms with van der Waals surface area (Å²) in [5, 5.41) is 8.81. The Bertz CT molecular complexity index is 764. The SMILES string of the molecule is O=C(O)CCc1ccc2c(c1)CCN(CCC(c1ccccc1)C(F)F)C2. The number of nitrogens with zero attached hydrogens (tertiary/aromatic N) is 1. The zero-order chi connectivity index (χ0) is 19.2. The maximum atomic E-state index is 13.5. The molecule has 5 heteroatoms. The highest BCUT2D eigenvalue weighted by molar-refractivity contribution is 5.67. The maximum absolute atomic E-state index is 13.5. The molecule has 1 N–H and O–H groups in total. The van der Waals surface area contributed by atoms with Crippen molar-refractivity contribution in [3.05, 3.63) is 70.8 Å². The molecule has 3 rings (SSSR count). The molecule has 3 nitrogen and oxygen atoms in total. The molecule has 2 aromatic rings. The first kappa shape index (κ1) is 19.5. The summed E-state index contributed by atoms with van der Waals surface area (Å²) in [5.41, 5.74) is 4.22. The molecule has 0 aromatic heterocycles. The van der Waals surface area contributed by atoms with E-state index in [0.29, 0.717) is 24.9 Å². The summed E-state index contributed by atoms with van der Waals surface area (Å²) in [5.74, 6) is -1.52. The van der Waals surface area contributed by atoms with Gasteiger partial charge in [-0.3, -0.25) is 9.69 Å². The van der Waals surface area contributed by atoms with Gasteiger partial charge in [0.15, 0.2) is 0 Å². The molecule has 0 saturated heterocycles. The van der Waals surface area contributed by atoms with Crippen LogP contribution >= 0.6 is 0 Å². The van der Waals surface area contributed by atoms with Crippen LogP contribution in [-0.4, -0.2) is 35.5 Å². The molecule has 2 aromatic carbocycles. The van der Waals surface area contributed by atoms with Crippen molar-refractivity contribution in [2.45, 2.75) is 44.6 Å². The van der Waals surface area contributed by atoms with E-state index in [1.165, 1.54) is 11.1 Å². The molecule has 0 fully saturated rings. The molecule has 1 aliphatic heterocycles. The van der Waals surface area contributed by atoms with Crippen molar-refractivity contribution in [2.75, 3.05) is 13.1 Å². The molecule has 0 spiro atoms. The van der Waals surface area contributed by atoms with Gasteiger partial charge in [0.1, 0.15) is 0 Å². The van der Waals surface area contributed by atoms with Crippen LogP contribution in [0, 0.1) is 0 Å². The van der Waals surface area contributed by atoms with E-state index in [1.54, 1.807) is 12.1 Å². The number of hydrogen-bond donors (Lipinski definition) is 1. The van der Waals surface area contributed by atoms with Gasteiger partial charge in [-0.15, -0.1) is 0 Å². The molecule has 1 heterocycles. The molecule has 0 bridgehead atoms. The lowest BCUT2D eigenvalue weighted by molar-refractivity contribution is -0.136. The second-order valence-corrected chi connectivity index (χ2v) is 7.16. The monoisotopic (exact) mass is 373 g/mol. The minimum Gasteiger partial charge on any atom is -0.481 e. The van der Waals surface area contributed by atoms with Crippen molar-refractivity contribution < 1.29 is 18.7 Å². The number of carbonyl (C=O) groups is 1. The topological polar surface area (TPSA) is 40.5 Å². The number of carboxylic acids is 1. The van der Waals surface area contributed by atoms with Crippen molar-refractivity contribution in [1.82, 2.24) is 4.90 Å². The zero-order valence-electron chi connectivity index (χ0n) is 15.3. The van der Waals surface area contributed by atoms with E-state index >= 15 is 0 Å². The van der Waals surface area contributed by atoms with Gasteiger partial charge in [0.2, 0.25) is 6.43 Å². The zero-order valence-corrected chi connectivity index (χ0v) is 15.3. The van der Waals surface area contributed by atoms with E-state index in [-0.39, 0.29) is 6.42 Å². The predicted molar refractivity (Wildman–Crippen MR) is 101 cm³/mol. The number of aliphatic carboxylic acids is 1. The average molecular weight is 373 g/mol. The van der Waals surface area contributed by atoms with Crippen LogP contribution in [0.4, 0.5) is 8.78 Å². The molecule has 144 valence electrons. The quantitative estimate of drug-likeness (QED) is 0.741. The molecule has 1 aliphatic rings. The maximum Gasteiger partial charge on any atom is 0.303 e. The molecular formula is C22H25F2NO2. The first-order chi connectivity index (χ1) is 13.0. The molecular weight excluding hydrogens is 348 g/mol. The first-order valence-electron chi connectivity index (χ1n) is 9.41. The molecule has 1 atom stereocenters. The van der Waals surface area contributed by atoms with Gasteiger partial charge in [-0.25, -0.2) is 8.78 Å². The van der Waals surface area contributed by atoms with Crippen LogP contribution in [0.3, 0.4) is 0 Å². The standard InChI is InChI=1S/C22H25F2NO2/c23-22(24)20(17-4-2-1-3-5-17)11-13-25-12-10-18-14-16(7-9-21(26)27)6-8-19(18)15-25/h1-6,8,14,20,22H,7,9-13,15H2,(H,26,27). The van der Waals surface area contributed by atoms with Crippen LogP contribution in [0.5, 0.6) is 0 Å². The normalized spacial score (nSPS) is 15.5. The highest BCUT2D eigenvalue weighted by Gasteiger charge is 2.24. The minimum absolute atomic E-state index is 0.138. The van der Waals surface area contributed by atoms with E-state index < -0.39 is 18.3 Å². The van der Waals surface area contributed by atoms with Gasteiger partial charge in [0, 0.05) is 25.4 Å². The Labute approximate surface area is 158 Å². The van der Waals surface area contributed by atoms with E-state index in [0.717, 1.165) is 25.1 Å². The molecule has 1 unspecified atom stereocenters. The number of fused-ring (bicyclic) bond motifs is 1. The summed E-state index contributed by atoms with van der Waals surface area (Å²) in [6.07, 6.45) is -0.366. The fraction of sp³-hybridized carbons (Fsp3) is 0.409. The number of carboxylic acid groups (broad SMARTS) is 1. The van der Waals surface area contributed by atoms with Crippen LogP contribution in [-0.2, 0) is 24.2 Å². The van der Waals surface area contributed by atoms with Crippen LogP contribution in [0.2, 0.25) is 0 Å². The summed E-state index contributed by atoms with van der Waals surface area (Å²) in [7, 11) is 0. The molecule has 0 aliphatic carbocycles. The highest BCUT2D eigenvalue weighted by Crippen LogP contribution is 2.28. The number of aryl methyl sites for hydroxylation is 1. The Kier molecular flexibility index (Phi) is 6.56. The second kappa shape index (κ2) is 9.09. The minimum atomic E-state index is -2.36. The molecule has 27 heavy (non-hydrogen) atoms. The van der Waals surface area contributed by atoms with E-state index in [1.807, 2.05) is 24.3 Å². The van der Waals surface area contributed by atoms with Crippen LogP contribution in [0.25, 0.3) is 0 Å². The lowest BCUT2D eigenvalue weighted by atomic mass is 9.93. The number of benzene rings is 2. The van der Waals surface area contributed by atoms with E-state index in [9.17, 15) is 13.6 Å². The van der Waals surface area contributed by atoms with Gasteiger partial charge in [-0.2, -0.15) is 0 Å². The molecule has 0 saturated carbocycles. The van der Waals surface area contributed by atoms with Crippen molar-refractivity contribution >= 4 is 5.97 Å². The molecule has 0 radical (unpaired) electrons. The van der Waals surface area contributed by atoms with Crippen LogP contribution in [0.15, 0.2) is 48.5 Å². The fourth-order valence-electron chi connectivity index (χ4n) is 3.72. The average Bonchev–Trinajstić information content (AvgIpc) is 2.67. The number of rotatable bonds is 8. The third-order valence-corrected chi connectivity index (χ3v) is 5.28. The van der Waals surface area contributed by atoms with Gasteiger partial charge in [0.05, 0.1) is 0 Å². The number of halogens is 2. The van der Waals surface area contributed by atoms with Crippen LogP contribution in [0.1, 0.15) is 41.0 Å². The van der Waals surface area contributed by atoms with E-state index in [4.69, 9.17) is 5.11 Å². The summed E-state index contributed by atoms with van der Waals surface area (Å²) in [6.45, 7) is 2.25. The smallest absolute Gasteiger partial charge is 0.303 e. The van der Waals surface area contributed by atoms with Crippen molar-refractivity contribution in [3.63, 3.8) is 0 Å². The Hall–Kier alpha value is -2.27. The van der Waals surface area contributed by atoms with Crippen LogP contribution < -0.4 is 0 Å². The number of alkyl halides is 2. The predicted octanol–water partition coefficient (Wildman–Crippen LogP) is 4.50. The van der Waals surface area contributed by atoms with Gasteiger partial charge >= 0.3 is 5.97 Å². The summed E-state index contributed by atoms with van der Waals surface area (Å²) >= 11 is 0. The van der Waals surface area contributed by atoms with Gasteiger partial charge < -0.3 is 5.11 Å². The van der Waals surface area contributed by atoms with Gasteiger partial charge in [-0.1, -0.05) is 48.5 Å². The summed E-state index contributed by atoms with van der Waals surface area (Å²) < 4.78 is 27.0. The Morgan fingerprint density at radius 3 is 2.59 bits per heavy atom. The Morgan fingerprint density at radius 2 is 1.89 bits per heavy atom.